The average molecular weight is 321 g/mol. The molecule has 2 unspecified atom stereocenters. The highest BCUT2D eigenvalue weighted by Crippen LogP contribution is 2.17. The highest BCUT2D eigenvalue weighted by Gasteiger charge is 2.19. The van der Waals surface area contributed by atoms with E-state index in [1.807, 2.05) is 0 Å². The Labute approximate surface area is 128 Å². The van der Waals surface area contributed by atoms with Crippen LogP contribution in [0.1, 0.15) is 24.9 Å². The first kappa shape index (κ1) is 17.8. The number of carbonyl (C=O) groups is 1. The summed E-state index contributed by atoms with van der Waals surface area (Å²) in [4.78, 5) is 11.9. The zero-order valence-electron chi connectivity index (χ0n) is 11.7. The molecule has 0 saturated carbocycles. The largest absolute Gasteiger partial charge is 0.378 e. The summed E-state index contributed by atoms with van der Waals surface area (Å²) in [7, 11) is 0. The van der Waals surface area contributed by atoms with Crippen molar-refractivity contribution in [3.63, 3.8) is 0 Å². The summed E-state index contributed by atoms with van der Waals surface area (Å²) in [5.41, 5.74) is 0.271. The van der Waals surface area contributed by atoms with Gasteiger partial charge in [-0.05, 0) is 13.0 Å². The van der Waals surface area contributed by atoms with Crippen molar-refractivity contribution in [2.24, 2.45) is 0 Å². The van der Waals surface area contributed by atoms with E-state index in [9.17, 15) is 13.6 Å². The maximum Gasteiger partial charge on any atom is 0.222 e. The number of morpholine rings is 1. The van der Waals surface area contributed by atoms with Crippen molar-refractivity contribution in [2.75, 3.05) is 19.8 Å². The summed E-state index contributed by atoms with van der Waals surface area (Å²) in [6.07, 6.45) is 0.271. The third-order valence-electron chi connectivity index (χ3n) is 3.24. The quantitative estimate of drug-likeness (QED) is 0.891. The number of hydrogen-bond acceptors (Lipinski definition) is 3. The lowest BCUT2D eigenvalue weighted by molar-refractivity contribution is -0.122. The second-order valence-electron chi connectivity index (χ2n) is 4.89. The summed E-state index contributed by atoms with van der Waals surface area (Å²) in [6, 6.07) is 2.81. The number of hydrogen-bond donors (Lipinski definition) is 2. The minimum Gasteiger partial charge on any atom is -0.378 e. The van der Waals surface area contributed by atoms with Gasteiger partial charge in [0.15, 0.2) is 0 Å². The predicted octanol–water partition coefficient (Wildman–Crippen LogP) is 1.94. The lowest BCUT2D eigenvalue weighted by atomic mass is 10.1. The topological polar surface area (TPSA) is 50.4 Å². The molecule has 0 aromatic heterocycles. The van der Waals surface area contributed by atoms with Crippen LogP contribution in [0.5, 0.6) is 0 Å². The van der Waals surface area contributed by atoms with Gasteiger partial charge in [0.2, 0.25) is 5.91 Å². The van der Waals surface area contributed by atoms with Gasteiger partial charge in [-0.2, -0.15) is 0 Å². The third-order valence-corrected chi connectivity index (χ3v) is 3.24. The fourth-order valence-electron chi connectivity index (χ4n) is 2.21. The lowest BCUT2D eigenvalue weighted by Crippen LogP contribution is -2.44. The zero-order chi connectivity index (χ0) is 14.5. The molecule has 4 nitrogen and oxygen atoms in total. The molecule has 1 heterocycles. The van der Waals surface area contributed by atoms with Crippen LogP contribution in [0.2, 0.25) is 0 Å². The van der Waals surface area contributed by atoms with Gasteiger partial charge in [-0.25, -0.2) is 8.78 Å². The fourth-order valence-corrected chi connectivity index (χ4v) is 2.21. The van der Waals surface area contributed by atoms with Crippen molar-refractivity contribution in [1.29, 1.82) is 0 Å². The van der Waals surface area contributed by atoms with Gasteiger partial charge < -0.3 is 15.4 Å². The molecule has 1 fully saturated rings. The first-order valence-electron chi connectivity index (χ1n) is 6.61. The van der Waals surface area contributed by atoms with Crippen LogP contribution in [0.4, 0.5) is 8.78 Å². The second kappa shape index (κ2) is 8.26. The molecule has 0 aliphatic carbocycles. The molecule has 1 saturated heterocycles. The molecule has 1 aromatic rings. The minimum atomic E-state index is -0.656. The molecule has 0 bridgehead atoms. The summed E-state index contributed by atoms with van der Waals surface area (Å²) in [6.45, 7) is 3.53. The molecular formula is C14H19ClF2N2O2. The molecule has 7 heteroatoms. The molecule has 1 aliphatic heterocycles. The Morgan fingerprint density at radius 3 is 2.90 bits per heavy atom. The number of ether oxygens (including phenoxy) is 1. The van der Waals surface area contributed by atoms with E-state index in [0.29, 0.717) is 13.2 Å². The van der Waals surface area contributed by atoms with Crippen molar-refractivity contribution in [2.45, 2.75) is 25.4 Å². The highest BCUT2D eigenvalue weighted by atomic mass is 35.5. The third kappa shape index (κ3) is 5.22. The number of nitrogens with one attached hydrogen (secondary N) is 2. The van der Waals surface area contributed by atoms with Crippen LogP contribution < -0.4 is 10.6 Å². The van der Waals surface area contributed by atoms with Crippen molar-refractivity contribution >= 4 is 18.3 Å². The molecule has 1 aliphatic rings. The van der Waals surface area contributed by atoms with Crippen LogP contribution in [-0.2, 0) is 9.53 Å². The zero-order valence-corrected chi connectivity index (χ0v) is 12.5. The van der Waals surface area contributed by atoms with E-state index in [1.165, 1.54) is 12.1 Å². The van der Waals surface area contributed by atoms with Crippen molar-refractivity contribution in [3.8, 4) is 0 Å². The monoisotopic (exact) mass is 320 g/mol. The first-order chi connectivity index (χ1) is 9.56. The number of amides is 1. The van der Waals surface area contributed by atoms with Gasteiger partial charge in [0.05, 0.1) is 19.3 Å². The van der Waals surface area contributed by atoms with E-state index in [2.05, 4.69) is 10.6 Å². The highest BCUT2D eigenvalue weighted by molar-refractivity contribution is 5.85. The van der Waals surface area contributed by atoms with Crippen LogP contribution in [-0.4, -0.2) is 31.7 Å². The van der Waals surface area contributed by atoms with E-state index in [-0.39, 0.29) is 36.3 Å². The van der Waals surface area contributed by atoms with E-state index < -0.39 is 17.7 Å². The van der Waals surface area contributed by atoms with Gasteiger partial charge in [-0.3, -0.25) is 4.79 Å². The Morgan fingerprint density at radius 2 is 2.29 bits per heavy atom. The fraction of sp³-hybridized carbons (Fsp3) is 0.500. The average Bonchev–Trinajstić information content (AvgIpc) is 2.39. The first-order valence-corrected chi connectivity index (χ1v) is 6.61. The molecular weight excluding hydrogens is 302 g/mol. The van der Waals surface area contributed by atoms with Gasteiger partial charge in [-0.1, -0.05) is 6.07 Å². The molecule has 118 valence electrons. The summed E-state index contributed by atoms with van der Waals surface area (Å²) < 4.78 is 31.7. The predicted molar refractivity (Wildman–Crippen MR) is 77.4 cm³/mol. The van der Waals surface area contributed by atoms with Crippen LogP contribution in [0.3, 0.4) is 0 Å². The van der Waals surface area contributed by atoms with Crippen LogP contribution in [0.15, 0.2) is 18.2 Å². The van der Waals surface area contributed by atoms with Crippen LogP contribution in [0.25, 0.3) is 0 Å². The van der Waals surface area contributed by atoms with E-state index in [1.54, 1.807) is 6.92 Å². The Hall–Kier alpha value is -1.24. The second-order valence-corrected chi connectivity index (χ2v) is 4.89. The Morgan fingerprint density at radius 1 is 1.52 bits per heavy atom. The molecule has 21 heavy (non-hydrogen) atoms. The van der Waals surface area contributed by atoms with E-state index in [4.69, 9.17) is 4.74 Å². The maximum absolute atomic E-state index is 13.6. The molecule has 1 aromatic carbocycles. The lowest BCUT2D eigenvalue weighted by Gasteiger charge is -2.24. The standard InChI is InChI=1S/C14H18F2N2O2.ClH/c1-9(12-3-2-10(15)6-13(12)16)18-14(19)7-11-8-20-5-4-17-11;/h2-3,6,9,11,17H,4-5,7-8H2,1H3,(H,18,19);1H. The van der Waals surface area contributed by atoms with Crippen molar-refractivity contribution in [3.05, 3.63) is 35.4 Å². The summed E-state index contributed by atoms with van der Waals surface area (Å²) in [5, 5.41) is 5.88. The summed E-state index contributed by atoms with van der Waals surface area (Å²) >= 11 is 0. The van der Waals surface area contributed by atoms with Gasteiger partial charge >= 0.3 is 0 Å². The molecule has 0 spiro atoms. The molecule has 2 rings (SSSR count). The van der Waals surface area contributed by atoms with Gasteiger partial charge in [0, 0.05) is 30.6 Å². The SMILES string of the molecule is CC(NC(=O)CC1COCCN1)c1ccc(F)cc1F.Cl. The van der Waals surface area contributed by atoms with Crippen LogP contribution >= 0.6 is 12.4 Å². The Balaban J connectivity index is 0.00000220. The summed E-state index contributed by atoms with van der Waals surface area (Å²) in [5.74, 6) is -1.48. The van der Waals surface area contributed by atoms with Crippen LogP contribution in [0, 0.1) is 11.6 Å². The van der Waals surface area contributed by atoms with Gasteiger partial charge in [0.25, 0.3) is 0 Å². The smallest absolute Gasteiger partial charge is 0.222 e. The molecule has 2 atom stereocenters. The normalized spacial score (nSPS) is 19.5. The Kier molecular flexibility index (Phi) is 7.01. The van der Waals surface area contributed by atoms with Crippen molar-refractivity contribution in [1.82, 2.24) is 10.6 Å². The van der Waals surface area contributed by atoms with Gasteiger partial charge in [0.1, 0.15) is 11.6 Å². The Bertz CT molecular complexity index is 482. The van der Waals surface area contributed by atoms with Gasteiger partial charge in [-0.15, -0.1) is 12.4 Å². The number of benzene rings is 1. The molecule has 1 amide bonds. The van der Waals surface area contributed by atoms with Crippen molar-refractivity contribution < 1.29 is 18.3 Å². The molecule has 0 radical (unpaired) electrons. The van der Waals surface area contributed by atoms with E-state index >= 15 is 0 Å². The van der Waals surface area contributed by atoms with E-state index in [0.717, 1.165) is 12.6 Å². The number of carbonyl (C=O) groups excluding carboxylic acids is 1. The maximum atomic E-state index is 13.6. The minimum absolute atomic E-state index is 0. The molecule has 2 N–H and O–H groups in total. The number of rotatable bonds is 4. The number of halogens is 3.